The van der Waals surface area contributed by atoms with Crippen molar-refractivity contribution in [3.05, 3.63) is 14.1 Å². The second-order valence-electron chi connectivity index (χ2n) is 2.71. The summed E-state index contributed by atoms with van der Waals surface area (Å²) in [6.07, 6.45) is 1.79. The average Bonchev–Trinajstić information content (AvgIpc) is 2.36. The number of halogens is 1. The number of rotatable bonds is 1. The number of nitrogens with zero attached hydrogens (tertiary/aromatic N) is 2. The van der Waals surface area contributed by atoms with Gasteiger partial charge in [0.05, 0.1) is 15.1 Å². The highest BCUT2D eigenvalue weighted by Crippen LogP contribution is 2.27. The maximum atomic E-state index is 8.77. The van der Waals surface area contributed by atoms with Crippen molar-refractivity contribution in [1.29, 1.82) is 5.26 Å². The van der Waals surface area contributed by atoms with Crippen LogP contribution < -0.4 is 0 Å². The molecule has 4 heteroatoms. The summed E-state index contributed by atoms with van der Waals surface area (Å²) in [5.41, 5.74) is -0.436. The van der Waals surface area contributed by atoms with E-state index in [2.05, 4.69) is 33.6 Å². The number of hydrogen-bond donors (Lipinski definition) is 0. The Morgan fingerprint density at radius 1 is 1.73 bits per heavy atom. The van der Waals surface area contributed by atoms with E-state index in [1.54, 1.807) is 17.5 Å². The molecule has 1 aromatic heterocycles. The molecule has 0 aliphatic rings. The van der Waals surface area contributed by atoms with Crippen molar-refractivity contribution in [2.75, 3.05) is 0 Å². The van der Waals surface area contributed by atoms with Crippen LogP contribution in [0.5, 0.6) is 0 Å². The van der Waals surface area contributed by atoms with Gasteiger partial charge in [0, 0.05) is 0 Å². The first-order valence-corrected chi connectivity index (χ1v) is 4.99. The van der Waals surface area contributed by atoms with Crippen LogP contribution in [0, 0.1) is 14.2 Å². The van der Waals surface area contributed by atoms with Crippen LogP contribution in [0.2, 0.25) is 0 Å². The quantitative estimate of drug-likeness (QED) is 0.740. The fraction of sp³-hybridized carbons (Fsp3) is 0.429. The normalized spacial score (nSPS) is 11.1. The molecule has 58 valence electrons. The maximum absolute atomic E-state index is 8.77. The van der Waals surface area contributed by atoms with Crippen LogP contribution in [0.4, 0.5) is 0 Å². The molecule has 2 nitrogen and oxygen atoms in total. The molecular formula is C7H7IN2S. The van der Waals surface area contributed by atoms with E-state index in [4.69, 9.17) is 5.26 Å². The van der Waals surface area contributed by atoms with Crippen LogP contribution >= 0.6 is 33.9 Å². The van der Waals surface area contributed by atoms with E-state index in [1.165, 1.54) is 0 Å². The van der Waals surface area contributed by atoms with Crippen molar-refractivity contribution in [1.82, 2.24) is 4.98 Å². The van der Waals surface area contributed by atoms with E-state index in [-0.39, 0.29) is 0 Å². The number of hydrogen-bond acceptors (Lipinski definition) is 3. The molecule has 1 rings (SSSR count). The molecule has 1 heterocycles. The Morgan fingerprint density at radius 3 is 2.73 bits per heavy atom. The van der Waals surface area contributed by atoms with Crippen molar-refractivity contribution >= 4 is 33.9 Å². The minimum atomic E-state index is -0.436. The molecule has 0 N–H and O–H groups in total. The Kier molecular flexibility index (Phi) is 2.50. The van der Waals surface area contributed by atoms with Gasteiger partial charge in [0.25, 0.3) is 0 Å². The van der Waals surface area contributed by atoms with Crippen molar-refractivity contribution in [2.45, 2.75) is 19.3 Å². The molecule has 0 amide bonds. The zero-order chi connectivity index (χ0) is 8.48. The first-order valence-electron chi connectivity index (χ1n) is 3.09. The second kappa shape index (κ2) is 3.07. The molecule has 1 aromatic rings. The largest absolute Gasteiger partial charge is 0.247 e. The fourth-order valence-electron chi connectivity index (χ4n) is 0.591. The van der Waals surface area contributed by atoms with Crippen LogP contribution in [0.1, 0.15) is 18.9 Å². The molecular weight excluding hydrogens is 271 g/mol. The van der Waals surface area contributed by atoms with Crippen molar-refractivity contribution in [3.63, 3.8) is 0 Å². The van der Waals surface area contributed by atoms with E-state index in [0.717, 1.165) is 7.89 Å². The molecule has 0 saturated carbocycles. The predicted octanol–water partition coefficient (Wildman–Crippen LogP) is 2.55. The second-order valence-corrected chi connectivity index (χ2v) is 5.63. The molecule has 0 spiro atoms. The summed E-state index contributed by atoms with van der Waals surface area (Å²) < 4.78 is 1.13. The topological polar surface area (TPSA) is 36.7 Å². The van der Waals surface area contributed by atoms with Crippen LogP contribution in [0.25, 0.3) is 0 Å². The Morgan fingerprint density at radius 2 is 2.36 bits per heavy atom. The lowest BCUT2D eigenvalue weighted by molar-refractivity contribution is 0.680. The van der Waals surface area contributed by atoms with Crippen LogP contribution in [0.15, 0.2) is 6.20 Å². The fourth-order valence-corrected chi connectivity index (χ4v) is 2.05. The zero-order valence-electron chi connectivity index (χ0n) is 6.26. The molecule has 0 fully saturated rings. The van der Waals surface area contributed by atoms with E-state index in [1.807, 2.05) is 13.8 Å². The average molecular weight is 278 g/mol. The monoisotopic (exact) mass is 278 g/mol. The lowest BCUT2D eigenvalue weighted by Gasteiger charge is -2.09. The van der Waals surface area contributed by atoms with E-state index >= 15 is 0 Å². The van der Waals surface area contributed by atoms with Gasteiger partial charge in [0.2, 0.25) is 0 Å². The molecule has 0 aromatic carbocycles. The van der Waals surface area contributed by atoms with Gasteiger partial charge in [0.15, 0.2) is 0 Å². The Balaban J connectivity index is 3.04. The van der Waals surface area contributed by atoms with Gasteiger partial charge in [0.1, 0.15) is 10.4 Å². The number of nitriles is 1. The lowest BCUT2D eigenvalue weighted by atomic mass is 9.97. The van der Waals surface area contributed by atoms with Gasteiger partial charge in [-0.1, -0.05) is 0 Å². The SMILES string of the molecule is CC(C)(C#N)c1ncc(I)s1. The minimum Gasteiger partial charge on any atom is -0.247 e. The van der Waals surface area contributed by atoms with Gasteiger partial charge in [-0.3, -0.25) is 0 Å². The molecule has 0 atom stereocenters. The summed E-state index contributed by atoms with van der Waals surface area (Å²) in [5.74, 6) is 0. The third kappa shape index (κ3) is 1.91. The Hall–Kier alpha value is -0.150. The van der Waals surface area contributed by atoms with Gasteiger partial charge in [-0.15, -0.1) is 11.3 Å². The highest BCUT2D eigenvalue weighted by molar-refractivity contribution is 14.1. The first kappa shape index (κ1) is 8.94. The Labute approximate surface area is 83.4 Å². The summed E-state index contributed by atoms with van der Waals surface area (Å²) in [4.78, 5) is 4.15. The van der Waals surface area contributed by atoms with Crippen molar-refractivity contribution in [3.8, 4) is 6.07 Å². The molecule has 0 radical (unpaired) electrons. The molecule has 0 unspecified atom stereocenters. The number of thiazole rings is 1. The van der Waals surface area contributed by atoms with Crippen LogP contribution in [-0.4, -0.2) is 4.98 Å². The molecule has 0 bridgehead atoms. The standard InChI is InChI=1S/C7H7IN2S/c1-7(2,4-9)6-10-3-5(8)11-6/h3H,1-2H3. The molecule has 0 aliphatic heterocycles. The summed E-state index contributed by atoms with van der Waals surface area (Å²) in [5, 5.41) is 9.66. The van der Waals surface area contributed by atoms with Gasteiger partial charge in [-0.25, -0.2) is 4.98 Å². The summed E-state index contributed by atoms with van der Waals surface area (Å²) in [6.45, 7) is 3.75. The zero-order valence-corrected chi connectivity index (χ0v) is 9.23. The van der Waals surface area contributed by atoms with Crippen LogP contribution in [-0.2, 0) is 5.41 Å². The van der Waals surface area contributed by atoms with E-state index in [9.17, 15) is 0 Å². The lowest BCUT2D eigenvalue weighted by Crippen LogP contribution is -2.12. The third-order valence-electron chi connectivity index (χ3n) is 1.29. The predicted molar refractivity (Wildman–Crippen MR) is 53.5 cm³/mol. The molecule has 0 aliphatic carbocycles. The highest BCUT2D eigenvalue weighted by Gasteiger charge is 2.23. The van der Waals surface area contributed by atoms with Gasteiger partial charge < -0.3 is 0 Å². The van der Waals surface area contributed by atoms with Gasteiger partial charge >= 0.3 is 0 Å². The van der Waals surface area contributed by atoms with Gasteiger partial charge in [-0.05, 0) is 36.4 Å². The molecule has 0 saturated heterocycles. The Bertz CT molecular complexity index is 298. The number of aromatic nitrogens is 1. The smallest absolute Gasteiger partial charge is 0.113 e. The van der Waals surface area contributed by atoms with Crippen molar-refractivity contribution in [2.24, 2.45) is 0 Å². The minimum absolute atomic E-state index is 0.436. The van der Waals surface area contributed by atoms with Crippen molar-refractivity contribution < 1.29 is 0 Å². The highest BCUT2D eigenvalue weighted by atomic mass is 127. The van der Waals surface area contributed by atoms with Gasteiger partial charge in [-0.2, -0.15) is 5.26 Å². The molecule has 11 heavy (non-hydrogen) atoms. The third-order valence-corrected chi connectivity index (χ3v) is 3.34. The summed E-state index contributed by atoms with van der Waals surface area (Å²) in [7, 11) is 0. The van der Waals surface area contributed by atoms with E-state index < -0.39 is 5.41 Å². The summed E-state index contributed by atoms with van der Waals surface area (Å²) >= 11 is 3.78. The first-order chi connectivity index (χ1) is 5.06. The summed E-state index contributed by atoms with van der Waals surface area (Å²) in [6, 6.07) is 2.22. The van der Waals surface area contributed by atoms with Crippen LogP contribution in [0.3, 0.4) is 0 Å². The van der Waals surface area contributed by atoms with E-state index in [0.29, 0.717) is 0 Å². The maximum Gasteiger partial charge on any atom is 0.113 e.